The number of hydrogen-bond acceptors (Lipinski definition) is 6. The maximum Gasteiger partial charge on any atom is 0.262 e. The van der Waals surface area contributed by atoms with Crippen molar-refractivity contribution in [1.82, 2.24) is 14.9 Å². The lowest BCUT2D eigenvalue weighted by atomic mass is 10.0. The maximum absolute atomic E-state index is 12.7. The SMILES string of the molecule is Cc1nc(N2CCN(C)CC2C)ncc1NS(=O)(=O)c1ccc(C(C)C)cc1. The summed E-state index contributed by atoms with van der Waals surface area (Å²) in [5.41, 5.74) is 2.11. The van der Waals surface area contributed by atoms with E-state index in [-0.39, 0.29) is 4.90 Å². The van der Waals surface area contributed by atoms with Gasteiger partial charge in [0, 0.05) is 25.7 Å². The number of aromatic nitrogens is 2. The molecule has 152 valence electrons. The number of anilines is 2. The molecule has 28 heavy (non-hydrogen) atoms. The molecule has 1 aromatic carbocycles. The topological polar surface area (TPSA) is 78.4 Å². The summed E-state index contributed by atoms with van der Waals surface area (Å²) in [6.07, 6.45) is 1.56. The first-order valence-electron chi connectivity index (χ1n) is 9.59. The van der Waals surface area contributed by atoms with Crippen LogP contribution in [0.1, 0.15) is 37.9 Å². The summed E-state index contributed by atoms with van der Waals surface area (Å²) in [6, 6.07) is 7.27. The average Bonchev–Trinajstić information content (AvgIpc) is 2.63. The van der Waals surface area contributed by atoms with Gasteiger partial charge < -0.3 is 9.80 Å². The second kappa shape index (κ2) is 8.05. The molecule has 8 heteroatoms. The highest BCUT2D eigenvalue weighted by atomic mass is 32.2. The molecular formula is C20H29N5O2S. The summed E-state index contributed by atoms with van der Waals surface area (Å²) < 4.78 is 28.1. The van der Waals surface area contributed by atoms with Crippen LogP contribution in [-0.2, 0) is 10.0 Å². The Morgan fingerprint density at radius 2 is 1.86 bits per heavy atom. The largest absolute Gasteiger partial charge is 0.336 e. The lowest BCUT2D eigenvalue weighted by Crippen LogP contribution is -2.51. The molecule has 1 aliphatic rings. The zero-order chi connectivity index (χ0) is 20.5. The Balaban J connectivity index is 1.78. The molecule has 2 heterocycles. The Morgan fingerprint density at radius 3 is 2.43 bits per heavy atom. The number of likely N-dealkylation sites (N-methyl/N-ethyl adjacent to an activating group) is 1. The summed E-state index contributed by atoms with van der Waals surface area (Å²) in [7, 11) is -1.58. The molecule has 1 aliphatic heterocycles. The van der Waals surface area contributed by atoms with Gasteiger partial charge in [-0.1, -0.05) is 26.0 Å². The first-order chi connectivity index (χ1) is 13.2. The number of piperazine rings is 1. The Hall–Kier alpha value is -2.19. The fraction of sp³-hybridized carbons (Fsp3) is 0.500. The van der Waals surface area contributed by atoms with Crippen molar-refractivity contribution in [3.63, 3.8) is 0 Å². The Morgan fingerprint density at radius 1 is 1.18 bits per heavy atom. The Kier molecular flexibility index (Phi) is 5.90. The predicted octanol–water partition coefficient (Wildman–Crippen LogP) is 2.85. The van der Waals surface area contributed by atoms with Gasteiger partial charge in [0.15, 0.2) is 0 Å². The molecule has 2 aromatic rings. The predicted molar refractivity (Wildman–Crippen MR) is 112 cm³/mol. The molecule has 1 saturated heterocycles. The quantitative estimate of drug-likeness (QED) is 0.827. The minimum absolute atomic E-state index is 0.230. The van der Waals surface area contributed by atoms with E-state index >= 15 is 0 Å². The van der Waals surface area contributed by atoms with Crippen molar-refractivity contribution in [2.24, 2.45) is 0 Å². The number of rotatable bonds is 5. The van der Waals surface area contributed by atoms with Gasteiger partial charge in [-0.05, 0) is 44.5 Å². The normalized spacial score (nSPS) is 18.5. The van der Waals surface area contributed by atoms with Crippen molar-refractivity contribution in [3.05, 3.63) is 41.7 Å². The van der Waals surface area contributed by atoms with E-state index in [2.05, 4.69) is 52.3 Å². The number of benzene rings is 1. The number of nitrogens with zero attached hydrogens (tertiary/aromatic N) is 4. The van der Waals surface area contributed by atoms with Gasteiger partial charge in [-0.15, -0.1) is 0 Å². The molecule has 3 rings (SSSR count). The molecule has 0 bridgehead atoms. The Bertz CT molecular complexity index is 928. The summed E-state index contributed by atoms with van der Waals surface area (Å²) in [5.74, 6) is 0.993. The van der Waals surface area contributed by atoms with E-state index in [1.807, 2.05) is 12.1 Å². The Labute approximate surface area is 167 Å². The second-order valence-corrected chi connectivity index (χ2v) is 9.49. The summed E-state index contributed by atoms with van der Waals surface area (Å²) in [6.45, 7) is 10.8. The zero-order valence-electron chi connectivity index (χ0n) is 17.2. The maximum atomic E-state index is 12.7. The van der Waals surface area contributed by atoms with Crippen LogP contribution in [0.5, 0.6) is 0 Å². The molecule has 1 N–H and O–H groups in total. The molecular weight excluding hydrogens is 374 g/mol. The second-order valence-electron chi connectivity index (χ2n) is 7.80. The minimum atomic E-state index is -3.68. The van der Waals surface area contributed by atoms with Crippen LogP contribution in [0, 0.1) is 6.92 Å². The molecule has 1 fully saturated rings. The summed E-state index contributed by atoms with van der Waals surface area (Å²) in [4.78, 5) is 13.7. The molecule has 7 nitrogen and oxygen atoms in total. The monoisotopic (exact) mass is 403 g/mol. The van der Waals surface area contributed by atoms with Gasteiger partial charge in [0.05, 0.1) is 22.5 Å². The molecule has 1 aromatic heterocycles. The lowest BCUT2D eigenvalue weighted by Gasteiger charge is -2.38. The van der Waals surface area contributed by atoms with Crippen LogP contribution in [0.4, 0.5) is 11.6 Å². The minimum Gasteiger partial charge on any atom is -0.336 e. The molecule has 0 aliphatic carbocycles. The van der Waals surface area contributed by atoms with Crippen molar-refractivity contribution in [2.45, 2.75) is 44.6 Å². The van der Waals surface area contributed by atoms with E-state index in [1.54, 1.807) is 25.3 Å². The van der Waals surface area contributed by atoms with Crippen LogP contribution >= 0.6 is 0 Å². The fourth-order valence-corrected chi connectivity index (χ4v) is 4.47. The van der Waals surface area contributed by atoms with Gasteiger partial charge in [0.2, 0.25) is 5.95 Å². The first kappa shape index (κ1) is 20.5. The van der Waals surface area contributed by atoms with Crippen LogP contribution in [0.2, 0.25) is 0 Å². The highest BCUT2D eigenvalue weighted by Gasteiger charge is 2.24. The third-order valence-corrected chi connectivity index (χ3v) is 6.54. The third-order valence-electron chi connectivity index (χ3n) is 5.16. The molecule has 0 radical (unpaired) electrons. The van der Waals surface area contributed by atoms with Crippen LogP contribution in [0.15, 0.2) is 35.4 Å². The highest BCUT2D eigenvalue weighted by Crippen LogP contribution is 2.23. The van der Waals surface area contributed by atoms with Gasteiger partial charge in [-0.2, -0.15) is 0 Å². The number of hydrogen-bond donors (Lipinski definition) is 1. The number of nitrogens with one attached hydrogen (secondary N) is 1. The van der Waals surface area contributed by atoms with Gasteiger partial charge in [-0.25, -0.2) is 18.4 Å². The van der Waals surface area contributed by atoms with Gasteiger partial charge in [-0.3, -0.25) is 4.72 Å². The smallest absolute Gasteiger partial charge is 0.262 e. The van der Waals surface area contributed by atoms with E-state index in [0.29, 0.717) is 29.3 Å². The van der Waals surface area contributed by atoms with E-state index in [4.69, 9.17) is 0 Å². The van der Waals surface area contributed by atoms with E-state index in [1.165, 1.54) is 0 Å². The summed E-state index contributed by atoms with van der Waals surface area (Å²) >= 11 is 0. The third kappa shape index (κ3) is 4.44. The van der Waals surface area contributed by atoms with Crippen LogP contribution in [0.25, 0.3) is 0 Å². The van der Waals surface area contributed by atoms with Crippen molar-refractivity contribution in [3.8, 4) is 0 Å². The van der Waals surface area contributed by atoms with Crippen LogP contribution in [0.3, 0.4) is 0 Å². The van der Waals surface area contributed by atoms with E-state index in [0.717, 1.165) is 25.2 Å². The zero-order valence-corrected chi connectivity index (χ0v) is 18.0. The van der Waals surface area contributed by atoms with Crippen molar-refractivity contribution in [1.29, 1.82) is 0 Å². The standard InChI is InChI=1S/C20H29N5O2S/c1-14(2)17-6-8-18(9-7-17)28(26,27)23-19-12-21-20(22-16(19)4)25-11-10-24(5)13-15(25)3/h6-9,12,14-15,23H,10-11,13H2,1-5H3. The van der Waals surface area contributed by atoms with Crippen LogP contribution < -0.4 is 9.62 Å². The van der Waals surface area contributed by atoms with E-state index < -0.39 is 10.0 Å². The molecule has 0 saturated carbocycles. The molecule has 0 amide bonds. The molecule has 1 unspecified atom stereocenters. The fourth-order valence-electron chi connectivity index (χ4n) is 3.37. The first-order valence-corrected chi connectivity index (χ1v) is 11.1. The van der Waals surface area contributed by atoms with Gasteiger partial charge in [0.1, 0.15) is 0 Å². The van der Waals surface area contributed by atoms with E-state index in [9.17, 15) is 8.42 Å². The highest BCUT2D eigenvalue weighted by molar-refractivity contribution is 7.92. The van der Waals surface area contributed by atoms with Crippen molar-refractivity contribution < 1.29 is 8.42 Å². The van der Waals surface area contributed by atoms with Crippen LogP contribution in [-0.4, -0.2) is 56.0 Å². The van der Waals surface area contributed by atoms with Gasteiger partial charge >= 0.3 is 0 Å². The summed E-state index contributed by atoms with van der Waals surface area (Å²) in [5, 5.41) is 0. The van der Waals surface area contributed by atoms with Crippen molar-refractivity contribution in [2.75, 3.05) is 36.3 Å². The molecule has 1 atom stereocenters. The van der Waals surface area contributed by atoms with Crippen molar-refractivity contribution >= 4 is 21.7 Å². The van der Waals surface area contributed by atoms with Gasteiger partial charge in [0.25, 0.3) is 10.0 Å². The number of sulfonamides is 1. The molecule has 0 spiro atoms. The number of aryl methyl sites for hydroxylation is 1. The lowest BCUT2D eigenvalue weighted by molar-refractivity contribution is 0.273. The average molecular weight is 404 g/mol.